The largest absolute Gasteiger partial charge is 0.457 e. The zero-order valence-electron chi connectivity index (χ0n) is 15.1. The summed E-state index contributed by atoms with van der Waals surface area (Å²) in [6, 6.07) is 14.8. The number of alkyl halides is 3. The predicted molar refractivity (Wildman–Crippen MR) is 101 cm³/mol. The molecular formula is C21H19F3N2O2. The summed E-state index contributed by atoms with van der Waals surface area (Å²) in [5, 5.41) is 4.31. The molecular weight excluding hydrogens is 369 g/mol. The van der Waals surface area contributed by atoms with Gasteiger partial charge in [0, 0.05) is 23.5 Å². The molecule has 0 spiro atoms. The van der Waals surface area contributed by atoms with E-state index in [4.69, 9.17) is 10.5 Å². The average molecular weight is 388 g/mol. The first kappa shape index (κ1) is 19.7. The Morgan fingerprint density at radius 2 is 1.82 bits per heavy atom. The molecule has 3 rings (SSSR count). The van der Waals surface area contributed by atoms with E-state index in [2.05, 4.69) is 5.32 Å². The third-order valence-electron chi connectivity index (χ3n) is 4.24. The van der Waals surface area contributed by atoms with Crippen LogP contribution < -0.4 is 15.8 Å². The van der Waals surface area contributed by atoms with Crippen molar-refractivity contribution in [1.82, 2.24) is 5.32 Å². The molecule has 0 aromatic heterocycles. The Morgan fingerprint density at radius 1 is 1.11 bits per heavy atom. The Labute approximate surface area is 160 Å². The van der Waals surface area contributed by atoms with Crippen molar-refractivity contribution in [1.29, 1.82) is 0 Å². The van der Waals surface area contributed by atoms with Gasteiger partial charge < -0.3 is 15.8 Å². The van der Waals surface area contributed by atoms with Gasteiger partial charge in [0.15, 0.2) is 0 Å². The maximum Gasteiger partial charge on any atom is 0.416 e. The van der Waals surface area contributed by atoms with Crippen LogP contribution >= 0.6 is 0 Å². The number of fused-ring (bicyclic) bond motifs is 1. The van der Waals surface area contributed by atoms with Gasteiger partial charge in [-0.25, -0.2) is 0 Å². The molecule has 0 saturated heterocycles. The van der Waals surface area contributed by atoms with Crippen LogP contribution in [0.5, 0.6) is 11.5 Å². The van der Waals surface area contributed by atoms with Crippen molar-refractivity contribution in [3.8, 4) is 11.5 Å². The molecule has 0 saturated carbocycles. The van der Waals surface area contributed by atoms with Gasteiger partial charge in [0.1, 0.15) is 11.5 Å². The molecule has 3 N–H and O–H groups in total. The SMILES string of the molecule is CC(CN)NC(=O)c1ccc2c(Oc3ccc(C(F)(F)F)cc3)cccc2c1. The molecule has 0 fully saturated rings. The van der Waals surface area contributed by atoms with Gasteiger partial charge in [0.2, 0.25) is 0 Å². The first-order valence-corrected chi connectivity index (χ1v) is 8.67. The van der Waals surface area contributed by atoms with Crippen molar-refractivity contribution in [2.45, 2.75) is 19.1 Å². The number of nitrogens with two attached hydrogens (primary N) is 1. The summed E-state index contributed by atoms with van der Waals surface area (Å²) < 4.78 is 43.8. The number of carbonyl (C=O) groups excluding carboxylic acids is 1. The average Bonchev–Trinajstić information content (AvgIpc) is 2.67. The zero-order chi connectivity index (χ0) is 20.3. The fourth-order valence-electron chi connectivity index (χ4n) is 2.69. The molecule has 1 unspecified atom stereocenters. The normalized spacial score (nSPS) is 12.6. The van der Waals surface area contributed by atoms with Crippen molar-refractivity contribution in [3.05, 3.63) is 71.8 Å². The maximum atomic E-state index is 12.7. The van der Waals surface area contributed by atoms with Gasteiger partial charge in [0.25, 0.3) is 5.91 Å². The number of nitrogens with one attached hydrogen (secondary N) is 1. The Hall–Kier alpha value is -3.06. The highest BCUT2D eigenvalue weighted by molar-refractivity contribution is 6.00. The van der Waals surface area contributed by atoms with Crippen LogP contribution in [0, 0.1) is 0 Å². The molecule has 1 amide bonds. The highest BCUT2D eigenvalue weighted by Crippen LogP contribution is 2.33. The molecule has 3 aromatic rings. The van der Waals surface area contributed by atoms with E-state index in [1.807, 2.05) is 13.0 Å². The molecule has 0 bridgehead atoms. The van der Waals surface area contributed by atoms with E-state index in [-0.39, 0.29) is 11.9 Å². The van der Waals surface area contributed by atoms with Crippen molar-refractivity contribution in [2.24, 2.45) is 5.73 Å². The second-order valence-electron chi connectivity index (χ2n) is 6.43. The second-order valence-corrected chi connectivity index (χ2v) is 6.43. The number of rotatable bonds is 5. The van der Waals surface area contributed by atoms with Gasteiger partial charge in [-0.3, -0.25) is 4.79 Å². The van der Waals surface area contributed by atoms with Gasteiger partial charge in [0.05, 0.1) is 5.56 Å². The van der Waals surface area contributed by atoms with E-state index in [9.17, 15) is 18.0 Å². The highest BCUT2D eigenvalue weighted by Gasteiger charge is 2.30. The summed E-state index contributed by atoms with van der Waals surface area (Å²) in [5.74, 6) is 0.549. The number of hydrogen-bond donors (Lipinski definition) is 2. The van der Waals surface area contributed by atoms with Crippen LogP contribution in [0.3, 0.4) is 0 Å². The number of benzene rings is 3. The predicted octanol–water partition coefficient (Wildman–Crippen LogP) is 4.73. The number of ether oxygens (including phenoxy) is 1. The Bertz CT molecular complexity index is 985. The van der Waals surface area contributed by atoms with Crippen LogP contribution in [0.1, 0.15) is 22.8 Å². The molecule has 3 aromatic carbocycles. The lowest BCUT2D eigenvalue weighted by molar-refractivity contribution is -0.137. The Kier molecular flexibility index (Phi) is 5.56. The first-order valence-electron chi connectivity index (χ1n) is 8.67. The number of amides is 1. The lowest BCUT2D eigenvalue weighted by Crippen LogP contribution is -2.37. The lowest BCUT2D eigenvalue weighted by Gasteiger charge is -2.13. The summed E-state index contributed by atoms with van der Waals surface area (Å²) in [6.45, 7) is 2.15. The standard InChI is InChI=1S/C21H19F3N2O2/c1-13(12-25)26-20(27)15-5-10-18-14(11-15)3-2-4-19(18)28-17-8-6-16(7-9-17)21(22,23)24/h2-11,13H,12,25H2,1H3,(H,26,27). The minimum absolute atomic E-state index is 0.141. The van der Waals surface area contributed by atoms with Crippen LogP contribution in [0.2, 0.25) is 0 Å². The Balaban J connectivity index is 1.85. The van der Waals surface area contributed by atoms with Gasteiger partial charge in [-0.15, -0.1) is 0 Å². The maximum absolute atomic E-state index is 12.7. The molecule has 0 heterocycles. The lowest BCUT2D eigenvalue weighted by atomic mass is 10.1. The van der Waals surface area contributed by atoms with Crippen LogP contribution in [0.4, 0.5) is 13.2 Å². The van der Waals surface area contributed by atoms with Crippen molar-refractivity contribution in [3.63, 3.8) is 0 Å². The number of carbonyl (C=O) groups is 1. The monoisotopic (exact) mass is 388 g/mol. The molecule has 1 atom stereocenters. The van der Waals surface area contributed by atoms with E-state index >= 15 is 0 Å². The summed E-state index contributed by atoms with van der Waals surface area (Å²) in [5.41, 5.74) is 5.27. The minimum Gasteiger partial charge on any atom is -0.457 e. The van der Waals surface area contributed by atoms with Gasteiger partial charge in [-0.2, -0.15) is 13.2 Å². The van der Waals surface area contributed by atoms with Crippen molar-refractivity contribution >= 4 is 16.7 Å². The first-order chi connectivity index (χ1) is 13.3. The molecule has 146 valence electrons. The van der Waals surface area contributed by atoms with Crippen molar-refractivity contribution < 1.29 is 22.7 Å². The van der Waals surface area contributed by atoms with E-state index < -0.39 is 11.7 Å². The topological polar surface area (TPSA) is 64.3 Å². The molecule has 28 heavy (non-hydrogen) atoms. The fraction of sp³-hybridized carbons (Fsp3) is 0.190. The minimum atomic E-state index is -4.39. The number of halogens is 3. The smallest absolute Gasteiger partial charge is 0.416 e. The van der Waals surface area contributed by atoms with Gasteiger partial charge in [-0.05, 0) is 60.8 Å². The second kappa shape index (κ2) is 7.90. The zero-order valence-corrected chi connectivity index (χ0v) is 15.1. The summed E-state index contributed by atoms with van der Waals surface area (Å²) in [7, 11) is 0. The summed E-state index contributed by atoms with van der Waals surface area (Å²) in [6.07, 6.45) is -4.39. The summed E-state index contributed by atoms with van der Waals surface area (Å²) >= 11 is 0. The fourth-order valence-corrected chi connectivity index (χ4v) is 2.69. The summed E-state index contributed by atoms with van der Waals surface area (Å²) in [4.78, 5) is 12.3. The van der Waals surface area contributed by atoms with Gasteiger partial charge >= 0.3 is 6.18 Å². The quantitative estimate of drug-likeness (QED) is 0.664. The highest BCUT2D eigenvalue weighted by atomic mass is 19.4. The van der Waals surface area contributed by atoms with Gasteiger partial charge in [-0.1, -0.05) is 12.1 Å². The molecule has 0 aliphatic rings. The molecule has 4 nitrogen and oxygen atoms in total. The van der Waals surface area contributed by atoms with E-state index in [0.29, 0.717) is 23.6 Å². The molecule has 0 radical (unpaired) electrons. The third kappa shape index (κ3) is 4.43. The van der Waals surface area contributed by atoms with Crippen LogP contribution in [-0.4, -0.2) is 18.5 Å². The van der Waals surface area contributed by atoms with E-state index in [0.717, 1.165) is 22.9 Å². The van der Waals surface area contributed by atoms with E-state index in [1.165, 1.54) is 12.1 Å². The van der Waals surface area contributed by atoms with Crippen LogP contribution in [0.25, 0.3) is 10.8 Å². The number of hydrogen-bond acceptors (Lipinski definition) is 3. The van der Waals surface area contributed by atoms with Crippen molar-refractivity contribution in [2.75, 3.05) is 6.54 Å². The van der Waals surface area contributed by atoms with Crippen LogP contribution in [0.15, 0.2) is 60.7 Å². The Morgan fingerprint density at radius 3 is 2.46 bits per heavy atom. The molecule has 0 aliphatic carbocycles. The third-order valence-corrected chi connectivity index (χ3v) is 4.24. The van der Waals surface area contributed by atoms with Crippen LogP contribution in [-0.2, 0) is 6.18 Å². The molecule has 0 aliphatic heterocycles. The molecule has 7 heteroatoms. The van der Waals surface area contributed by atoms with E-state index in [1.54, 1.807) is 30.3 Å².